The summed E-state index contributed by atoms with van der Waals surface area (Å²) >= 11 is 0. The van der Waals surface area contributed by atoms with Gasteiger partial charge < -0.3 is 25.8 Å². The van der Waals surface area contributed by atoms with Crippen LogP contribution >= 0.6 is 0 Å². The van der Waals surface area contributed by atoms with E-state index in [1.807, 2.05) is 18.2 Å². The first-order valence-electron chi connectivity index (χ1n) is 9.30. The molecule has 0 aliphatic carbocycles. The molecule has 1 unspecified atom stereocenters. The Balaban J connectivity index is 2.43. The van der Waals surface area contributed by atoms with Crippen LogP contribution in [0.2, 0.25) is 0 Å². The second-order valence-electron chi connectivity index (χ2n) is 7.41. The predicted molar refractivity (Wildman–Crippen MR) is 107 cm³/mol. The highest BCUT2D eigenvalue weighted by Crippen LogP contribution is 2.13. The minimum atomic E-state index is -0.772. The molecule has 0 radical (unpaired) electrons. The van der Waals surface area contributed by atoms with E-state index in [0.717, 1.165) is 5.56 Å². The molecule has 2 amide bonds. The summed E-state index contributed by atoms with van der Waals surface area (Å²) in [5.41, 5.74) is 6.81. The molecule has 28 heavy (non-hydrogen) atoms. The van der Waals surface area contributed by atoms with E-state index in [1.54, 1.807) is 26.8 Å². The van der Waals surface area contributed by atoms with Gasteiger partial charge in [-0.05, 0) is 51.7 Å². The van der Waals surface area contributed by atoms with Crippen molar-refractivity contribution in [3.63, 3.8) is 0 Å². The molecular weight excluding hydrogens is 362 g/mol. The molecule has 8 nitrogen and oxygen atoms in total. The van der Waals surface area contributed by atoms with Crippen LogP contribution < -0.4 is 16.4 Å². The zero-order chi connectivity index (χ0) is 21.2. The molecule has 0 aromatic heterocycles. The van der Waals surface area contributed by atoms with Crippen molar-refractivity contribution in [3.8, 4) is 0 Å². The second-order valence-corrected chi connectivity index (χ2v) is 7.41. The Kier molecular flexibility index (Phi) is 9.27. The molecule has 0 heterocycles. The standard InChI is InChI=1S/C20H31N3O5/c1-20(2,3)28-19(26)22-13-7-10-16(18(25)27-4)23-17(24)12-11-14-8-5-6-9-15(14)21/h5-6,8-9,16H,7,10-13,21H2,1-4H3,(H,22,26)(H,23,24). The van der Waals surface area contributed by atoms with E-state index in [1.165, 1.54) is 7.11 Å². The van der Waals surface area contributed by atoms with Crippen molar-refractivity contribution in [2.24, 2.45) is 0 Å². The molecular formula is C20H31N3O5. The van der Waals surface area contributed by atoms with Gasteiger partial charge in [0.1, 0.15) is 11.6 Å². The fraction of sp³-hybridized carbons (Fsp3) is 0.550. The normalized spacial score (nSPS) is 12.0. The zero-order valence-electron chi connectivity index (χ0n) is 17.0. The van der Waals surface area contributed by atoms with Crippen LogP contribution in [-0.2, 0) is 25.5 Å². The van der Waals surface area contributed by atoms with Crippen molar-refractivity contribution in [2.45, 2.75) is 58.1 Å². The average molecular weight is 393 g/mol. The molecule has 0 aliphatic rings. The maximum Gasteiger partial charge on any atom is 0.407 e. The van der Waals surface area contributed by atoms with Crippen LogP contribution in [0.25, 0.3) is 0 Å². The first-order valence-corrected chi connectivity index (χ1v) is 9.30. The highest BCUT2D eigenvalue weighted by Gasteiger charge is 2.21. The van der Waals surface area contributed by atoms with Gasteiger partial charge in [0.2, 0.25) is 5.91 Å². The number of nitrogens with two attached hydrogens (primary N) is 1. The molecule has 4 N–H and O–H groups in total. The van der Waals surface area contributed by atoms with E-state index < -0.39 is 23.7 Å². The molecule has 0 bridgehead atoms. The first kappa shape index (κ1) is 23.3. The third kappa shape index (κ3) is 9.25. The molecule has 0 aliphatic heterocycles. The quantitative estimate of drug-likeness (QED) is 0.336. The minimum absolute atomic E-state index is 0.206. The summed E-state index contributed by atoms with van der Waals surface area (Å²) in [7, 11) is 1.27. The van der Waals surface area contributed by atoms with Gasteiger partial charge >= 0.3 is 12.1 Å². The monoisotopic (exact) mass is 393 g/mol. The van der Waals surface area contributed by atoms with Gasteiger partial charge in [-0.3, -0.25) is 4.79 Å². The number of aryl methyl sites for hydroxylation is 1. The summed E-state index contributed by atoms with van der Waals surface area (Å²) in [4.78, 5) is 35.7. The first-order chi connectivity index (χ1) is 13.1. The van der Waals surface area contributed by atoms with Crippen molar-refractivity contribution in [1.82, 2.24) is 10.6 Å². The van der Waals surface area contributed by atoms with Crippen LogP contribution in [0.5, 0.6) is 0 Å². The lowest BCUT2D eigenvalue weighted by atomic mass is 10.1. The maximum absolute atomic E-state index is 12.2. The molecule has 0 saturated heterocycles. The van der Waals surface area contributed by atoms with Gasteiger partial charge in [0.15, 0.2) is 0 Å². The molecule has 1 atom stereocenters. The van der Waals surface area contributed by atoms with Crippen LogP contribution in [0.1, 0.15) is 45.6 Å². The SMILES string of the molecule is COC(=O)C(CCCNC(=O)OC(C)(C)C)NC(=O)CCc1ccccc1N. The summed E-state index contributed by atoms with van der Waals surface area (Å²) in [5.74, 6) is -0.788. The lowest BCUT2D eigenvalue weighted by Gasteiger charge is -2.20. The zero-order valence-corrected chi connectivity index (χ0v) is 17.0. The van der Waals surface area contributed by atoms with Gasteiger partial charge in [0.25, 0.3) is 0 Å². The maximum atomic E-state index is 12.2. The van der Waals surface area contributed by atoms with E-state index in [4.69, 9.17) is 15.2 Å². The number of hydrogen-bond acceptors (Lipinski definition) is 6. The van der Waals surface area contributed by atoms with Gasteiger partial charge in [-0.25, -0.2) is 9.59 Å². The second kappa shape index (κ2) is 11.2. The summed E-state index contributed by atoms with van der Waals surface area (Å²) in [5, 5.41) is 5.30. The van der Waals surface area contributed by atoms with Crippen molar-refractivity contribution in [1.29, 1.82) is 0 Å². The topological polar surface area (TPSA) is 120 Å². The number of carbonyl (C=O) groups excluding carboxylic acids is 3. The van der Waals surface area contributed by atoms with Crippen molar-refractivity contribution in [2.75, 3.05) is 19.4 Å². The number of rotatable bonds is 9. The number of methoxy groups -OCH3 is 1. The number of nitrogens with one attached hydrogen (secondary N) is 2. The number of alkyl carbamates (subject to hydrolysis) is 1. The third-order valence-corrected chi connectivity index (χ3v) is 3.84. The summed E-state index contributed by atoms with van der Waals surface area (Å²) in [6, 6.07) is 6.56. The van der Waals surface area contributed by atoms with Gasteiger partial charge in [0, 0.05) is 18.7 Å². The fourth-order valence-corrected chi connectivity index (χ4v) is 2.48. The fourth-order valence-electron chi connectivity index (χ4n) is 2.48. The largest absolute Gasteiger partial charge is 0.467 e. The molecule has 1 aromatic rings. The highest BCUT2D eigenvalue weighted by molar-refractivity contribution is 5.84. The predicted octanol–water partition coefficient (Wildman–Crippen LogP) is 2.16. The van der Waals surface area contributed by atoms with E-state index in [0.29, 0.717) is 31.5 Å². The summed E-state index contributed by atoms with van der Waals surface area (Å²) < 4.78 is 9.89. The Morgan fingerprint density at radius 2 is 1.86 bits per heavy atom. The molecule has 156 valence electrons. The third-order valence-electron chi connectivity index (χ3n) is 3.84. The number of anilines is 1. The number of para-hydroxylation sites is 1. The molecule has 1 rings (SSSR count). The van der Waals surface area contributed by atoms with Crippen LogP contribution in [-0.4, -0.2) is 43.3 Å². The van der Waals surface area contributed by atoms with E-state index >= 15 is 0 Å². The van der Waals surface area contributed by atoms with Crippen LogP contribution in [0.3, 0.4) is 0 Å². The van der Waals surface area contributed by atoms with Crippen LogP contribution in [0.15, 0.2) is 24.3 Å². The number of amides is 2. The van der Waals surface area contributed by atoms with E-state index in [2.05, 4.69) is 10.6 Å². The van der Waals surface area contributed by atoms with Crippen molar-refractivity contribution >= 4 is 23.7 Å². The summed E-state index contributed by atoms with van der Waals surface area (Å²) in [6.07, 6.45) is 0.975. The Hall–Kier alpha value is -2.77. The van der Waals surface area contributed by atoms with Gasteiger partial charge in [-0.1, -0.05) is 18.2 Å². The molecule has 0 fully saturated rings. The van der Waals surface area contributed by atoms with Gasteiger partial charge in [-0.15, -0.1) is 0 Å². The Morgan fingerprint density at radius 1 is 1.18 bits per heavy atom. The van der Waals surface area contributed by atoms with Crippen LogP contribution in [0, 0.1) is 0 Å². The van der Waals surface area contributed by atoms with E-state index in [9.17, 15) is 14.4 Å². The Labute approximate surface area is 166 Å². The number of benzene rings is 1. The number of nitrogen functional groups attached to an aromatic ring is 1. The van der Waals surface area contributed by atoms with Crippen molar-refractivity contribution < 1.29 is 23.9 Å². The number of ether oxygens (including phenoxy) is 2. The average Bonchev–Trinajstić information content (AvgIpc) is 2.61. The van der Waals surface area contributed by atoms with Crippen LogP contribution in [0.4, 0.5) is 10.5 Å². The summed E-state index contributed by atoms with van der Waals surface area (Å²) in [6.45, 7) is 5.65. The molecule has 8 heteroatoms. The van der Waals surface area contributed by atoms with Gasteiger partial charge in [0.05, 0.1) is 7.11 Å². The number of esters is 1. The number of carbonyl (C=O) groups is 3. The van der Waals surface area contributed by atoms with Crippen molar-refractivity contribution in [3.05, 3.63) is 29.8 Å². The molecule has 0 saturated carbocycles. The minimum Gasteiger partial charge on any atom is -0.467 e. The molecule has 1 aromatic carbocycles. The smallest absolute Gasteiger partial charge is 0.407 e. The van der Waals surface area contributed by atoms with E-state index in [-0.39, 0.29) is 12.3 Å². The Morgan fingerprint density at radius 3 is 2.46 bits per heavy atom. The number of hydrogen-bond donors (Lipinski definition) is 3. The lowest BCUT2D eigenvalue weighted by molar-refractivity contribution is -0.145. The Bertz CT molecular complexity index is 670. The van der Waals surface area contributed by atoms with Gasteiger partial charge in [-0.2, -0.15) is 0 Å². The molecule has 0 spiro atoms. The lowest BCUT2D eigenvalue weighted by Crippen LogP contribution is -2.42. The highest BCUT2D eigenvalue weighted by atomic mass is 16.6.